The number of fused-ring (bicyclic) bond motifs is 2. The minimum absolute atomic E-state index is 0.0557. The SMILES string of the molecule is COc1ccc(C(OC[C@H](Cn2cnc3cc4c(NC(=O)c5ccccc5)ncnc4nc32)OP(OCCC#N)N(C(C)C)C(C)C)(c2ccccc2)c2ccc(OC)cc2)cc1. The smallest absolute Gasteiger partial charge is 0.259 e. The van der Waals surface area contributed by atoms with Crippen LogP contribution in [-0.2, 0) is 25.9 Å². The van der Waals surface area contributed by atoms with Crippen LogP contribution in [0.4, 0.5) is 5.82 Å². The van der Waals surface area contributed by atoms with Gasteiger partial charge >= 0.3 is 0 Å². The van der Waals surface area contributed by atoms with Gasteiger partial charge in [-0.25, -0.2) is 24.6 Å². The van der Waals surface area contributed by atoms with Gasteiger partial charge in [0, 0.05) is 17.6 Å². The van der Waals surface area contributed by atoms with Gasteiger partial charge in [0.05, 0.1) is 58.2 Å². The topological polar surface area (TPSA) is 159 Å². The van der Waals surface area contributed by atoms with Crippen molar-refractivity contribution in [3.63, 3.8) is 0 Å². The molecule has 0 aliphatic heterocycles. The number of nitrogens with one attached hydrogen (secondary N) is 1. The number of benzene rings is 4. The number of ether oxygens (including phenoxy) is 3. The lowest BCUT2D eigenvalue weighted by molar-refractivity contribution is -0.0381. The molecule has 3 heterocycles. The van der Waals surface area contributed by atoms with Gasteiger partial charge in [0.2, 0.25) is 0 Å². The normalized spacial score (nSPS) is 12.8. The van der Waals surface area contributed by atoms with Gasteiger partial charge in [0.15, 0.2) is 11.3 Å². The summed E-state index contributed by atoms with van der Waals surface area (Å²) < 4.78 is 36.2. The van der Waals surface area contributed by atoms with Crippen LogP contribution in [-0.4, -0.2) is 80.7 Å². The molecule has 0 aliphatic rings. The third kappa shape index (κ3) is 10.2. The van der Waals surface area contributed by atoms with Crippen molar-refractivity contribution in [3.05, 3.63) is 150 Å². The van der Waals surface area contributed by atoms with E-state index in [1.165, 1.54) is 6.33 Å². The number of nitriles is 1. The first-order valence-corrected chi connectivity index (χ1v) is 21.8. The van der Waals surface area contributed by atoms with Crippen LogP contribution in [0.5, 0.6) is 11.5 Å². The number of methoxy groups -OCH3 is 2. The molecular formula is C48H51N8O6P. The maximum atomic E-state index is 13.1. The summed E-state index contributed by atoms with van der Waals surface area (Å²) >= 11 is 0. The Morgan fingerprint density at radius 3 is 2.02 bits per heavy atom. The molecule has 1 amide bonds. The second-order valence-electron chi connectivity index (χ2n) is 15.2. The number of hydrogen-bond donors (Lipinski definition) is 1. The van der Waals surface area contributed by atoms with E-state index in [0.717, 1.165) is 16.7 Å². The highest BCUT2D eigenvalue weighted by atomic mass is 31.2. The van der Waals surface area contributed by atoms with E-state index in [1.54, 1.807) is 44.8 Å². The Morgan fingerprint density at radius 2 is 1.43 bits per heavy atom. The summed E-state index contributed by atoms with van der Waals surface area (Å²) in [5.74, 6) is 1.44. The quantitative estimate of drug-likeness (QED) is 0.0440. The molecule has 0 saturated heterocycles. The van der Waals surface area contributed by atoms with E-state index >= 15 is 0 Å². The van der Waals surface area contributed by atoms with E-state index in [9.17, 15) is 10.1 Å². The Kier molecular flexibility index (Phi) is 14.7. The summed E-state index contributed by atoms with van der Waals surface area (Å²) in [4.78, 5) is 31.7. The molecular weight excluding hydrogens is 816 g/mol. The number of carbonyl (C=O) groups excluding carboxylic acids is 1. The zero-order valence-corrected chi connectivity index (χ0v) is 37.1. The monoisotopic (exact) mass is 866 g/mol. The summed E-state index contributed by atoms with van der Waals surface area (Å²) in [6.45, 7) is 8.91. The molecule has 4 aromatic carbocycles. The lowest BCUT2D eigenvalue weighted by Gasteiger charge is -2.39. The van der Waals surface area contributed by atoms with E-state index in [2.05, 4.69) is 65.9 Å². The fourth-order valence-corrected chi connectivity index (χ4v) is 9.20. The average Bonchev–Trinajstić information content (AvgIpc) is 3.70. The molecule has 324 valence electrons. The number of hydrogen-bond acceptors (Lipinski definition) is 12. The van der Waals surface area contributed by atoms with Crippen LogP contribution in [0.2, 0.25) is 0 Å². The van der Waals surface area contributed by atoms with Crippen LogP contribution >= 0.6 is 8.53 Å². The van der Waals surface area contributed by atoms with Gasteiger partial charge in [0.25, 0.3) is 14.4 Å². The van der Waals surface area contributed by atoms with E-state index in [4.69, 9.17) is 33.2 Å². The Balaban J connectivity index is 1.32. The van der Waals surface area contributed by atoms with Gasteiger partial charge in [-0.15, -0.1) is 0 Å². The molecule has 2 atom stereocenters. The van der Waals surface area contributed by atoms with Crippen molar-refractivity contribution < 1.29 is 28.1 Å². The molecule has 0 saturated carbocycles. The number of aromatic nitrogens is 5. The fourth-order valence-electron chi connectivity index (χ4n) is 7.51. The summed E-state index contributed by atoms with van der Waals surface area (Å²) in [5, 5.41) is 12.9. The first-order valence-electron chi connectivity index (χ1n) is 20.7. The molecule has 15 heteroatoms. The molecule has 0 spiro atoms. The van der Waals surface area contributed by atoms with Crippen molar-refractivity contribution in [2.75, 3.05) is 32.8 Å². The molecule has 63 heavy (non-hydrogen) atoms. The Morgan fingerprint density at radius 1 is 0.825 bits per heavy atom. The molecule has 7 rings (SSSR count). The molecule has 0 radical (unpaired) electrons. The van der Waals surface area contributed by atoms with Crippen molar-refractivity contribution in [2.45, 2.75) is 64.4 Å². The highest BCUT2D eigenvalue weighted by Gasteiger charge is 2.40. The largest absolute Gasteiger partial charge is 0.497 e. The van der Waals surface area contributed by atoms with Gasteiger partial charge in [-0.1, -0.05) is 72.8 Å². The number of nitrogens with zero attached hydrogens (tertiary/aromatic N) is 7. The van der Waals surface area contributed by atoms with Crippen molar-refractivity contribution in [1.82, 2.24) is 29.2 Å². The molecule has 0 aliphatic carbocycles. The average molecular weight is 867 g/mol. The Hall–Kier alpha value is -6.33. The second-order valence-corrected chi connectivity index (χ2v) is 16.6. The third-order valence-electron chi connectivity index (χ3n) is 10.4. The Bertz CT molecular complexity index is 2570. The second kappa shape index (κ2) is 20.7. The van der Waals surface area contributed by atoms with E-state index in [1.807, 2.05) is 83.4 Å². The lowest BCUT2D eigenvalue weighted by atomic mass is 9.80. The highest BCUT2D eigenvalue weighted by molar-refractivity contribution is 7.44. The van der Waals surface area contributed by atoms with Crippen molar-refractivity contribution in [2.24, 2.45) is 0 Å². The van der Waals surface area contributed by atoms with Crippen molar-refractivity contribution in [3.8, 4) is 17.6 Å². The first-order chi connectivity index (χ1) is 30.6. The number of anilines is 1. The minimum Gasteiger partial charge on any atom is -0.497 e. The number of carbonyl (C=O) groups is 1. The molecule has 0 bridgehead atoms. The van der Waals surface area contributed by atoms with E-state index in [0.29, 0.717) is 45.1 Å². The van der Waals surface area contributed by atoms with Crippen molar-refractivity contribution >= 4 is 42.4 Å². The van der Waals surface area contributed by atoms with Crippen molar-refractivity contribution in [1.29, 1.82) is 5.26 Å². The van der Waals surface area contributed by atoms with Gasteiger partial charge in [-0.3, -0.25) is 4.79 Å². The maximum Gasteiger partial charge on any atom is 0.259 e. The van der Waals surface area contributed by atoms with Crippen LogP contribution in [0.1, 0.15) is 61.2 Å². The van der Waals surface area contributed by atoms with Gasteiger partial charge < -0.3 is 33.1 Å². The molecule has 3 aromatic heterocycles. The zero-order valence-electron chi connectivity index (χ0n) is 36.2. The molecule has 1 unspecified atom stereocenters. The van der Waals surface area contributed by atoms with Crippen LogP contribution in [0, 0.1) is 11.3 Å². The lowest BCUT2D eigenvalue weighted by Crippen LogP contribution is -2.39. The number of pyridine rings is 1. The minimum atomic E-state index is -1.71. The van der Waals surface area contributed by atoms with E-state index < -0.39 is 20.2 Å². The van der Waals surface area contributed by atoms with E-state index in [-0.39, 0.29) is 44.2 Å². The molecule has 1 N–H and O–H groups in total. The highest BCUT2D eigenvalue weighted by Crippen LogP contribution is 2.48. The summed E-state index contributed by atoms with van der Waals surface area (Å²) in [5.41, 5.74) is 3.50. The number of amides is 1. The van der Waals surface area contributed by atoms with Crippen LogP contribution in [0.3, 0.4) is 0 Å². The number of imidazole rings is 1. The predicted octanol–water partition coefficient (Wildman–Crippen LogP) is 9.31. The summed E-state index contributed by atoms with van der Waals surface area (Å²) in [7, 11) is 1.58. The summed E-state index contributed by atoms with van der Waals surface area (Å²) in [6, 6.07) is 38.9. The predicted molar refractivity (Wildman–Crippen MR) is 243 cm³/mol. The molecule has 0 fully saturated rings. The third-order valence-corrected chi connectivity index (χ3v) is 12.6. The standard InChI is InChI=1S/C48H51N8O6P/c1-33(2)56(34(3)4)63(61-27-13-26-49)62-41(29-55-32-52-43-28-42-44(53-46(43)55)50-31-51-45(42)54-47(57)35-14-9-7-10-15-35)30-60-48(36-16-11-8-12-17-36,37-18-22-39(58-5)23-19-37)38-20-24-40(59-6)25-21-38/h7-12,14-25,28,31-34,41H,13,27,29-30H2,1-6H3,(H,50,51,53,54,57)/t41-,63?/m0/s1. The van der Waals surface area contributed by atoms with Crippen LogP contribution < -0.4 is 14.8 Å². The van der Waals surface area contributed by atoms with Crippen LogP contribution in [0.25, 0.3) is 22.2 Å². The zero-order chi connectivity index (χ0) is 44.3. The Labute approximate surface area is 368 Å². The van der Waals surface area contributed by atoms with Gasteiger partial charge in [-0.2, -0.15) is 5.26 Å². The summed E-state index contributed by atoms with van der Waals surface area (Å²) in [6.07, 6.45) is 2.64. The molecule has 14 nitrogen and oxygen atoms in total. The van der Waals surface area contributed by atoms with Crippen LogP contribution in [0.15, 0.2) is 128 Å². The van der Waals surface area contributed by atoms with Gasteiger partial charge in [0.1, 0.15) is 40.9 Å². The number of rotatable bonds is 20. The van der Waals surface area contributed by atoms with Gasteiger partial charge in [-0.05, 0) is 86.8 Å². The maximum absolute atomic E-state index is 13.1. The fraction of sp³-hybridized carbons (Fsp3) is 0.292. The molecule has 7 aromatic rings. The first kappa shape index (κ1) is 44.7.